The van der Waals surface area contributed by atoms with Gasteiger partial charge in [0, 0.05) is 16.9 Å². The smallest absolute Gasteiger partial charge is 0.307 e. The van der Waals surface area contributed by atoms with Crippen LogP contribution in [-0.2, 0) is 11.2 Å². The highest BCUT2D eigenvalue weighted by Crippen LogP contribution is 2.17. The molecule has 3 aromatic rings. The molecule has 0 heterocycles. The average Bonchev–Trinajstić information content (AvgIpc) is 2.75. The molecule has 1 atom stereocenters. The molecule has 0 radical (unpaired) electrons. The topological polar surface area (TPSA) is 90.5 Å². The lowest BCUT2D eigenvalue weighted by Crippen LogP contribution is -2.30. The first-order chi connectivity index (χ1) is 15.3. The lowest BCUT2D eigenvalue weighted by atomic mass is 10.1. The van der Waals surface area contributed by atoms with Crippen molar-refractivity contribution in [2.75, 3.05) is 10.6 Å². The molecule has 0 saturated heterocycles. The molecule has 32 heavy (non-hydrogen) atoms. The number of amides is 1. The summed E-state index contributed by atoms with van der Waals surface area (Å²) in [6, 6.07) is 19.6. The normalized spacial score (nSPS) is 11.3. The summed E-state index contributed by atoms with van der Waals surface area (Å²) in [4.78, 5) is 23.1. The van der Waals surface area contributed by atoms with Crippen molar-refractivity contribution >= 4 is 40.6 Å². The highest BCUT2D eigenvalue weighted by molar-refractivity contribution is 7.80. The van der Waals surface area contributed by atoms with E-state index in [1.54, 1.807) is 60.7 Å². The first-order valence-corrected chi connectivity index (χ1v) is 10.3. The molecule has 6 nitrogen and oxygen atoms in total. The summed E-state index contributed by atoms with van der Waals surface area (Å²) in [6.45, 7) is 1.92. The number of thiocarbonyl (C=S) groups is 1. The van der Waals surface area contributed by atoms with Crippen LogP contribution in [0.2, 0.25) is 0 Å². The Kier molecular flexibility index (Phi) is 7.51. The quantitative estimate of drug-likeness (QED) is 0.388. The van der Waals surface area contributed by atoms with Gasteiger partial charge >= 0.3 is 5.97 Å². The number of rotatable bonds is 7. The number of carbonyl (C=O) groups is 2. The minimum absolute atomic E-state index is 0.0875. The third-order valence-corrected chi connectivity index (χ3v) is 4.91. The largest absolute Gasteiger partial charge is 0.481 e. The van der Waals surface area contributed by atoms with E-state index in [1.165, 1.54) is 12.1 Å². The molecule has 0 aliphatic carbocycles. The molecule has 1 unspecified atom stereocenters. The monoisotopic (exact) mass is 451 g/mol. The van der Waals surface area contributed by atoms with Gasteiger partial charge in [0.25, 0.3) is 5.91 Å². The van der Waals surface area contributed by atoms with E-state index in [2.05, 4.69) is 16.0 Å². The molecule has 0 saturated carbocycles. The van der Waals surface area contributed by atoms with Gasteiger partial charge in [0.2, 0.25) is 0 Å². The lowest BCUT2D eigenvalue weighted by molar-refractivity contribution is -0.136. The van der Waals surface area contributed by atoms with Gasteiger partial charge in [0.1, 0.15) is 5.82 Å². The first-order valence-electron chi connectivity index (χ1n) is 9.85. The van der Waals surface area contributed by atoms with Gasteiger partial charge in [-0.2, -0.15) is 0 Å². The summed E-state index contributed by atoms with van der Waals surface area (Å²) in [7, 11) is 0. The maximum atomic E-state index is 13.1. The molecule has 164 valence electrons. The van der Waals surface area contributed by atoms with Gasteiger partial charge in [-0.15, -0.1) is 0 Å². The van der Waals surface area contributed by atoms with Crippen LogP contribution in [0.4, 0.5) is 15.8 Å². The van der Waals surface area contributed by atoms with Crippen molar-refractivity contribution in [3.05, 3.63) is 95.3 Å². The first kappa shape index (κ1) is 22.9. The lowest BCUT2D eigenvalue weighted by Gasteiger charge is -2.17. The zero-order valence-electron chi connectivity index (χ0n) is 17.3. The Morgan fingerprint density at radius 2 is 1.47 bits per heavy atom. The number of carboxylic acids is 1. The Morgan fingerprint density at radius 1 is 0.906 bits per heavy atom. The van der Waals surface area contributed by atoms with Crippen LogP contribution < -0.4 is 16.0 Å². The van der Waals surface area contributed by atoms with Crippen molar-refractivity contribution in [3.63, 3.8) is 0 Å². The van der Waals surface area contributed by atoms with Crippen molar-refractivity contribution in [1.29, 1.82) is 0 Å². The summed E-state index contributed by atoms with van der Waals surface area (Å²) >= 11 is 5.34. The second-order valence-corrected chi connectivity index (χ2v) is 7.58. The molecule has 0 aliphatic rings. The Morgan fingerprint density at radius 3 is 2.03 bits per heavy atom. The standard InChI is InChI=1S/C24H22FN3O3S/c1-15(17-6-8-19(25)9-7-17)26-24(32)28-21-12-10-20(11-13-21)27-23(31)18-4-2-16(3-5-18)14-22(29)30/h2-13,15H,14H2,1H3,(H,27,31)(H,29,30)(H2,26,28,32). The number of halogens is 1. The third kappa shape index (κ3) is 6.61. The van der Waals surface area contributed by atoms with Crippen LogP contribution in [0.25, 0.3) is 0 Å². The Labute approximate surface area is 190 Å². The molecule has 8 heteroatoms. The molecule has 0 aliphatic heterocycles. The fourth-order valence-corrected chi connectivity index (χ4v) is 3.28. The molecular weight excluding hydrogens is 429 g/mol. The third-order valence-electron chi connectivity index (χ3n) is 4.69. The van der Waals surface area contributed by atoms with Gasteiger partial charge in [0.05, 0.1) is 12.5 Å². The molecular formula is C24H22FN3O3S. The fourth-order valence-electron chi connectivity index (χ4n) is 2.99. The van der Waals surface area contributed by atoms with Gasteiger partial charge in [-0.3, -0.25) is 9.59 Å². The van der Waals surface area contributed by atoms with Crippen molar-refractivity contribution in [1.82, 2.24) is 5.32 Å². The van der Waals surface area contributed by atoms with Gasteiger partial charge in [-0.25, -0.2) is 4.39 Å². The Balaban J connectivity index is 1.53. The number of carboxylic acid groups (broad SMARTS) is 1. The molecule has 0 fully saturated rings. The molecule has 0 spiro atoms. The van der Waals surface area contributed by atoms with Crippen LogP contribution in [0.15, 0.2) is 72.8 Å². The minimum Gasteiger partial charge on any atom is -0.481 e. The van der Waals surface area contributed by atoms with Crippen LogP contribution in [0.1, 0.15) is 34.5 Å². The number of hydrogen-bond acceptors (Lipinski definition) is 3. The predicted molar refractivity (Wildman–Crippen MR) is 126 cm³/mol. The number of hydrogen-bond donors (Lipinski definition) is 4. The van der Waals surface area contributed by atoms with Crippen molar-refractivity contribution in [3.8, 4) is 0 Å². The number of carbonyl (C=O) groups excluding carboxylic acids is 1. The van der Waals surface area contributed by atoms with Crippen LogP contribution in [0.3, 0.4) is 0 Å². The Hall–Kier alpha value is -3.78. The van der Waals surface area contributed by atoms with Crippen LogP contribution in [-0.4, -0.2) is 22.1 Å². The SMILES string of the molecule is CC(NC(=S)Nc1ccc(NC(=O)c2ccc(CC(=O)O)cc2)cc1)c1ccc(F)cc1. The number of aliphatic carboxylic acids is 1. The fraction of sp³-hybridized carbons (Fsp3) is 0.125. The second-order valence-electron chi connectivity index (χ2n) is 7.17. The van der Waals surface area contributed by atoms with Gasteiger partial charge < -0.3 is 21.1 Å². The van der Waals surface area contributed by atoms with Crippen LogP contribution in [0.5, 0.6) is 0 Å². The molecule has 0 aromatic heterocycles. The molecule has 3 aromatic carbocycles. The van der Waals surface area contributed by atoms with E-state index >= 15 is 0 Å². The summed E-state index contributed by atoms with van der Waals surface area (Å²) in [5, 5.41) is 18.2. The van der Waals surface area contributed by atoms with Gasteiger partial charge in [-0.1, -0.05) is 24.3 Å². The number of benzene rings is 3. The van der Waals surface area contributed by atoms with Gasteiger partial charge in [-0.05, 0) is 78.8 Å². The van der Waals surface area contributed by atoms with Crippen LogP contribution >= 0.6 is 12.2 Å². The summed E-state index contributed by atoms with van der Waals surface area (Å²) in [5.41, 5.74) is 3.31. The van der Waals surface area contributed by atoms with E-state index in [9.17, 15) is 14.0 Å². The van der Waals surface area contributed by atoms with Crippen molar-refractivity contribution in [2.45, 2.75) is 19.4 Å². The summed E-state index contributed by atoms with van der Waals surface area (Å²) in [5.74, 6) is -1.50. The number of nitrogens with one attached hydrogen (secondary N) is 3. The van der Waals surface area contributed by atoms with E-state index in [-0.39, 0.29) is 24.2 Å². The molecule has 0 bridgehead atoms. The predicted octanol–water partition coefficient (Wildman–Crippen LogP) is 4.75. The highest BCUT2D eigenvalue weighted by atomic mass is 32.1. The van der Waals surface area contributed by atoms with Gasteiger partial charge in [0.15, 0.2) is 5.11 Å². The summed E-state index contributed by atoms with van der Waals surface area (Å²) in [6.07, 6.45) is -0.0875. The van der Waals surface area contributed by atoms with E-state index < -0.39 is 5.97 Å². The van der Waals surface area contributed by atoms with E-state index in [0.717, 1.165) is 11.3 Å². The molecule has 1 amide bonds. The second kappa shape index (κ2) is 10.5. The number of anilines is 2. The van der Waals surface area contributed by atoms with E-state index in [4.69, 9.17) is 17.3 Å². The van der Waals surface area contributed by atoms with Crippen molar-refractivity contribution < 1.29 is 19.1 Å². The molecule has 3 rings (SSSR count). The van der Waals surface area contributed by atoms with Crippen molar-refractivity contribution in [2.24, 2.45) is 0 Å². The maximum Gasteiger partial charge on any atom is 0.307 e. The van der Waals surface area contributed by atoms with E-state index in [1.807, 2.05) is 6.92 Å². The molecule has 4 N–H and O–H groups in total. The minimum atomic E-state index is -0.921. The zero-order chi connectivity index (χ0) is 23.1. The zero-order valence-corrected chi connectivity index (χ0v) is 18.1. The maximum absolute atomic E-state index is 13.1. The highest BCUT2D eigenvalue weighted by Gasteiger charge is 2.09. The summed E-state index contributed by atoms with van der Waals surface area (Å²) < 4.78 is 13.1. The average molecular weight is 452 g/mol. The van der Waals surface area contributed by atoms with E-state index in [0.29, 0.717) is 21.9 Å². The Bertz CT molecular complexity index is 1100. The van der Waals surface area contributed by atoms with Crippen LogP contribution in [0, 0.1) is 5.82 Å².